The quantitative estimate of drug-likeness (QED) is 0.338. The molecule has 0 aliphatic carbocycles. The van der Waals surface area contributed by atoms with Crippen molar-refractivity contribution in [1.82, 2.24) is 5.32 Å². The van der Waals surface area contributed by atoms with E-state index < -0.39 is 23.8 Å². The molecule has 1 fully saturated rings. The molecule has 0 saturated carbocycles. The normalized spacial score (nSPS) is 14.7. The van der Waals surface area contributed by atoms with Crippen LogP contribution in [0.25, 0.3) is 6.08 Å². The van der Waals surface area contributed by atoms with Crippen LogP contribution in [-0.4, -0.2) is 35.5 Å². The highest BCUT2D eigenvalue weighted by atomic mass is 35.5. The molecule has 0 bridgehead atoms. The summed E-state index contributed by atoms with van der Waals surface area (Å²) in [5.74, 6) is -2.08. The molecular weight excluding hydrogens is 492 g/mol. The number of nitrogens with zero attached hydrogens (tertiary/aromatic N) is 1. The van der Waals surface area contributed by atoms with Gasteiger partial charge in [-0.05, 0) is 61.0 Å². The highest BCUT2D eigenvalue weighted by Crippen LogP contribution is 2.31. The summed E-state index contributed by atoms with van der Waals surface area (Å²) in [7, 11) is 0. The average Bonchev–Trinajstić information content (AvgIpc) is 3.31. The smallest absolute Gasteiger partial charge is 0.371 e. The molecule has 11 heteroatoms. The van der Waals surface area contributed by atoms with Crippen molar-refractivity contribution in [3.63, 3.8) is 0 Å². The molecule has 0 spiro atoms. The van der Waals surface area contributed by atoms with Gasteiger partial charge in [0, 0.05) is 5.02 Å². The Kier molecular flexibility index (Phi) is 7.07. The second-order valence-corrected chi connectivity index (χ2v) is 7.87. The highest BCUT2D eigenvalue weighted by Gasteiger charge is 2.36. The fourth-order valence-corrected chi connectivity index (χ4v) is 3.58. The third-order valence-corrected chi connectivity index (χ3v) is 5.22. The van der Waals surface area contributed by atoms with Crippen LogP contribution in [0, 0.1) is 0 Å². The Hall–Kier alpha value is -4.57. The molecule has 184 valence electrons. The number of benzene rings is 2. The molecule has 2 heterocycles. The van der Waals surface area contributed by atoms with Gasteiger partial charge in [0.05, 0.1) is 12.3 Å². The number of carboxylic acid groups (broad SMARTS) is 1. The van der Waals surface area contributed by atoms with Gasteiger partial charge in [0.2, 0.25) is 5.76 Å². The van der Waals surface area contributed by atoms with Gasteiger partial charge in [0.1, 0.15) is 17.9 Å². The fraction of sp³-hybridized carbons (Fsp3) is 0.120. The van der Waals surface area contributed by atoms with E-state index in [1.54, 1.807) is 37.3 Å². The summed E-state index contributed by atoms with van der Waals surface area (Å²) >= 11 is 5.99. The first-order valence-corrected chi connectivity index (χ1v) is 11.0. The van der Waals surface area contributed by atoms with E-state index in [4.69, 9.17) is 30.6 Å². The number of rotatable bonds is 8. The number of imide groups is 2. The molecule has 4 amide bonds. The molecule has 3 aromatic rings. The molecule has 1 saturated heterocycles. The van der Waals surface area contributed by atoms with Crippen LogP contribution < -0.4 is 19.7 Å². The Morgan fingerprint density at radius 3 is 2.58 bits per heavy atom. The number of urea groups is 1. The number of amides is 4. The Bertz CT molecular complexity index is 1390. The molecule has 2 N–H and O–H groups in total. The second-order valence-electron chi connectivity index (χ2n) is 7.44. The van der Waals surface area contributed by atoms with E-state index in [9.17, 15) is 19.2 Å². The van der Waals surface area contributed by atoms with Crippen molar-refractivity contribution in [3.05, 3.63) is 82.3 Å². The van der Waals surface area contributed by atoms with Gasteiger partial charge >= 0.3 is 12.0 Å². The Morgan fingerprint density at radius 1 is 1.08 bits per heavy atom. The summed E-state index contributed by atoms with van der Waals surface area (Å²) in [6.07, 6.45) is 1.33. The summed E-state index contributed by atoms with van der Waals surface area (Å²) in [5.41, 5.74) is 0.393. The number of carbonyl (C=O) groups is 4. The minimum Gasteiger partial charge on any atom is -0.490 e. The predicted molar refractivity (Wildman–Crippen MR) is 128 cm³/mol. The van der Waals surface area contributed by atoms with Crippen LogP contribution in [0.15, 0.2) is 64.6 Å². The van der Waals surface area contributed by atoms with Crippen molar-refractivity contribution >= 4 is 47.2 Å². The number of furan rings is 1. The van der Waals surface area contributed by atoms with Crippen LogP contribution in [0.2, 0.25) is 5.02 Å². The summed E-state index contributed by atoms with van der Waals surface area (Å²) in [5, 5.41) is 11.4. The van der Waals surface area contributed by atoms with Crippen molar-refractivity contribution in [1.29, 1.82) is 0 Å². The lowest BCUT2D eigenvalue weighted by molar-refractivity contribution is -0.122. The number of carboxylic acids is 1. The van der Waals surface area contributed by atoms with Crippen LogP contribution in [0.4, 0.5) is 10.5 Å². The highest BCUT2D eigenvalue weighted by molar-refractivity contribution is 6.39. The summed E-state index contributed by atoms with van der Waals surface area (Å²) < 4.78 is 16.5. The zero-order valence-corrected chi connectivity index (χ0v) is 19.6. The monoisotopic (exact) mass is 510 g/mol. The van der Waals surface area contributed by atoms with Crippen molar-refractivity contribution < 1.29 is 38.2 Å². The van der Waals surface area contributed by atoms with E-state index in [1.807, 2.05) is 0 Å². The van der Waals surface area contributed by atoms with Gasteiger partial charge in [0.15, 0.2) is 11.5 Å². The molecule has 0 atom stereocenters. The number of anilines is 1. The van der Waals surface area contributed by atoms with Crippen LogP contribution in [0.3, 0.4) is 0 Å². The number of hydrogen-bond donors (Lipinski definition) is 2. The third-order valence-electron chi connectivity index (χ3n) is 4.99. The minimum atomic E-state index is -1.19. The van der Waals surface area contributed by atoms with Crippen LogP contribution in [-0.2, 0) is 16.2 Å². The van der Waals surface area contributed by atoms with Crippen LogP contribution in [0.5, 0.6) is 11.5 Å². The van der Waals surface area contributed by atoms with E-state index >= 15 is 0 Å². The van der Waals surface area contributed by atoms with Crippen molar-refractivity contribution in [2.24, 2.45) is 0 Å². The number of nitrogens with one attached hydrogen (secondary N) is 1. The summed E-state index contributed by atoms with van der Waals surface area (Å²) in [6.45, 7) is 2.02. The SMILES string of the molecule is CCOc1cc(C=C2C(=O)NC(=O)N(c3cccc(Cl)c3)C2=O)ccc1OCc1ccc(C(=O)O)o1. The molecule has 1 aliphatic rings. The maximum atomic E-state index is 13.1. The van der Waals surface area contributed by atoms with Gasteiger partial charge in [0.25, 0.3) is 11.8 Å². The number of aromatic carboxylic acids is 1. The summed E-state index contributed by atoms with van der Waals surface area (Å²) in [6, 6.07) is 12.8. The van der Waals surface area contributed by atoms with Crippen LogP contribution in [0.1, 0.15) is 28.8 Å². The minimum absolute atomic E-state index is 0.0502. The lowest BCUT2D eigenvalue weighted by Crippen LogP contribution is -2.54. The second kappa shape index (κ2) is 10.4. The van der Waals surface area contributed by atoms with Gasteiger partial charge in [-0.25, -0.2) is 14.5 Å². The van der Waals surface area contributed by atoms with Gasteiger partial charge in [-0.2, -0.15) is 0 Å². The predicted octanol–water partition coefficient (Wildman–Crippen LogP) is 4.28. The number of barbiturate groups is 1. The number of halogens is 1. The Balaban J connectivity index is 1.59. The zero-order valence-electron chi connectivity index (χ0n) is 18.8. The largest absolute Gasteiger partial charge is 0.490 e. The molecule has 2 aromatic carbocycles. The molecule has 36 heavy (non-hydrogen) atoms. The molecule has 1 aromatic heterocycles. The molecule has 1 aliphatic heterocycles. The average molecular weight is 511 g/mol. The van der Waals surface area contributed by atoms with Gasteiger partial charge < -0.3 is 19.0 Å². The number of ether oxygens (including phenoxy) is 2. The molecule has 4 rings (SSSR count). The first kappa shape index (κ1) is 24.6. The molecule has 10 nitrogen and oxygen atoms in total. The van der Waals surface area contributed by atoms with Crippen molar-refractivity contribution in [3.8, 4) is 11.5 Å². The van der Waals surface area contributed by atoms with E-state index in [0.717, 1.165) is 4.90 Å². The zero-order chi connectivity index (χ0) is 25.8. The van der Waals surface area contributed by atoms with Gasteiger partial charge in [-0.1, -0.05) is 23.7 Å². The molecular formula is C25H19ClN2O8. The fourth-order valence-electron chi connectivity index (χ4n) is 3.40. The number of hydrogen-bond acceptors (Lipinski definition) is 7. The first-order valence-electron chi connectivity index (χ1n) is 10.7. The molecule has 0 unspecified atom stereocenters. The third kappa shape index (κ3) is 5.23. The maximum Gasteiger partial charge on any atom is 0.371 e. The Labute approximate surface area is 209 Å². The van der Waals surface area contributed by atoms with Gasteiger partial charge in [-0.15, -0.1) is 0 Å². The lowest BCUT2D eigenvalue weighted by atomic mass is 10.1. The van der Waals surface area contributed by atoms with E-state index in [2.05, 4.69) is 5.32 Å². The first-order chi connectivity index (χ1) is 17.3. The van der Waals surface area contributed by atoms with E-state index in [1.165, 1.54) is 30.3 Å². The standard InChI is InChI=1S/C25H19ClN2O8/c1-2-34-21-11-14(6-8-19(21)35-13-17-7-9-20(36-17)24(31)32)10-18-22(29)27-25(33)28(23(18)30)16-5-3-4-15(26)12-16/h3-12H,2,13H2,1H3,(H,31,32)(H,27,29,33). The topological polar surface area (TPSA) is 135 Å². The van der Waals surface area contributed by atoms with Gasteiger partial charge in [-0.3, -0.25) is 14.9 Å². The van der Waals surface area contributed by atoms with Crippen LogP contribution >= 0.6 is 11.6 Å². The van der Waals surface area contributed by atoms with Crippen molar-refractivity contribution in [2.75, 3.05) is 11.5 Å². The van der Waals surface area contributed by atoms with Crippen molar-refractivity contribution in [2.45, 2.75) is 13.5 Å². The lowest BCUT2D eigenvalue weighted by Gasteiger charge is -2.26. The molecule has 0 radical (unpaired) electrons. The maximum absolute atomic E-state index is 13.1. The Morgan fingerprint density at radius 2 is 1.89 bits per heavy atom. The van der Waals surface area contributed by atoms with E-state index in [0.29, 0.717) is 34.5 Å². The summed E-state index contributed by atoms with van der Waals surface area (Å²) in [4.78, 5) is 49.7. The van der Waals surface area contributed by atoms with E-state index in [-0.39, 0.29) is 23.6 Å². The number of carbonyl (C=O) groups excluding carboxylic acids is 3.